The molecule has 0 unspecified atom stereocenters. The number of ether oxygens (including phenoxy) is 1. The average Bonchev–Trinajstić information content (AvgIpc) is 3.28. The van der Waals surface area contributed by atoms with Crippen molar-refractivity contribution in [2.75, 3.05) is 31.6 Å². The predicted molar refractivity (Wildman–Crippen MR) is 105 cm³/mol. The third-order valence-electron chi connectivity index (χ3n) is 5.70. The van der Waals surface area contributed by atoms with Gasteiger partial charge in [-0.3, -0.25) is 9.59 Å². The molecule has 0 saturated carbocycles. The lowest BCUT2D eigenvalue weighted by molar-refractivity contribution is -0.111. The number of aromatic hydroxyl groups is 1. The molecule has 0 aromatic heterocycles. The van der Waals surface area contributed by atoms with E-state index < -0.39 is 5.91 Å². The van der Waals surface area contributed by atoms with Gasteiger partial charge in [0, 0.05) is 30.0 Å². The number of carbonyl (C=O) groups excluding carboxylic acids is 2. The first-order chi connectivity index (χ1) is 13.5. The lowest BCUT2D eigenvalue weighted by Crippen LogP contribution is -2.37. The van der Waals surface area contributed by atoms with Gasteiger partial charge < -0.3 is 20.1 Å². The molecule has 2 aliphatic rings. The van der Waals surface area contributed by atoms with Gasteiger partial charge in [-0.1, -0.05) is 36.9 Å². The molecule has 2 aliphatic heterocycles. The predicted octanol–water partition coefficient (Wildman–Crippen LogP) is 2.56. The van der Waals surface area contributed by atoms with Crippen molar-refractivity contribution in [3.05, 3.63) is 72.3 Å². The highest BCUT2D eigenvalue weighted by Gasteiger charge is 2.52. The molecular weight excluding hydrogens is 356 g/mol. The van der Waals surface area contributed by atoms with Crippen LogP contribution >= 0.6 is 0 Å². The zero-order chi connectivity index (χ0) is 19.7. The van der Waals surface area contributed by atoms with E-state index in [2.05, 4.69) is 24.0 Å². The van der Waals surface area contributed by atoms with E-state index in [0.717, 1.165) is 6.08 Å². The SMILES string of the molecule is C=CC(=O)Nc1cc(C(=O)N2C[C@@H]3COC[C@]3(c3ccccc3)C2)ccc1O. The monoisotopic (exact) mass is 378 g/mol. The summed E-state index contributed by atoms with van der Waals surface area (Å²) in [5.41, 5.74) is 1.61. The number of phenols is 1. The van der Waals surface area contributed by atoms with Crippen molar-refractivity contribution in [1.82, 2.24) is 4.90 Å². The number of nitrogens with zero attached hydrogens (tertiary/aromatic N) is 1. The zero-order valence-corrected chi connectivity index (χ0v) is 15.4. The lowest BCUT2D eigenvalue weighted by atomic mass is 9.75. The summed E-state index contributed by atoms with van der Waals surface area (Å²) in [5, 5.41) is 12.5. The smallest absolute Gasteiger partial charge is 0.253 e. The minimum atomic E-state index is -0.448. The fraction of sp³-hybridized carbons (Fsp3) is 0.273. The molecular formula is C22H22N2O4. The molecule has 2 aromatic rings. The maximum absolute atomic E-state index is 13.1. The molecule has 2 N–H and O–H groups in total. The summed E-state index contributed by atoms with van der Waals surface area (Å²) in [7, 11) is 0. The number of benzene rings is 2. The number of fused-ring (bicyclic) bond motifs is 1. The van der Waals surface area contributed by atoms with Gasteiger partial charge in [-0.15, -0.1) is 0 Å². The minimum absolute atomic E-state index is 0.0980. The van der Waals surface area contributed by atoms with Crippen LogP contribution in [0, 0.1) is 5.92 Å². The Morgan fingerprint density at radius 1 is 1.25 bits per heavy atom. The lowest BCUT2D eigenvalue weighted by Gasteiger charge is -2.27. The molecule has 0 spiro atoms. The van der Waals surface area contributed by atoms with E-state index in [4.69, 9.17) is 4.74 Å². The molecule has 144 valence electrons. The Bertz CT molecular complexity index is 927. The van der Waals surface area contributed by atoms with Crippen molar-refractivity contribution in [3.8, 4) is 5.75 Å². The number of anilines is 1. The van der Waals surface area contributed by atoms with E-state index in [1.807, 2.05) is 23.1 Å². The summed E-state index contributed by atoms with van der Waals surface area (Å²) < 4.78 is 5.77. The van der Waals surface area contributed by atoms with E-state index in [9.17, 15) is 14.7 Å². The van der Waals surface area contributed by atoms with Gasteiger partial charge in [-0.25, -0.2) is 0 Å². The molecule has 2 saturated heterocycles. The highest BCUT2D eigenvalue weighted by atomic mass is 16.5. The second-order valence-corrected chi connectivity index (χ2v) is 7.35. The fourth-order valence-corrected chi connectivity index (χ4v) is 4.20. The van der Waals surface area contributed by atoms with Crippen LogP contribution in [0.5, 0.6) is 5.75 Å². The maximum Gasteiger partial charge on any atom is 0.253 e. The number of phenolic OH excluding ortho intramolecular Hbond substituents is 1. The first kappa shape index (κ1) is 18.3. The van der Waals surface area contributed by atoms with Crippen molar-refractivity contribution in [2.45, 2.75) is 5.41 Å². The van der Waals surface area contributed by atoms with Crippen LogP contribution in [-0.2, 0) is 14.9 Å². The molecule has 6 heteroatoms. The second kappa shape index (κ2) is 7.13. The first-order valence-electron chi connectivity index (χ1n) is 9.22. The fourth-order valence-electron chi connectivity index (χ4n) is 4.20. The van der Waals surface area contributed by atoms with Gasteiger partial charge in [0.15, 0.2) is 0 Å². The highest BCUT2D eigenvalue weighted by Crippen LogP contribution is 2.44. The van der Waals surface area contributed by atoms with Gasteiger partial charge in [0.05, 0.1) is 18.9 Å². The van der Waals surface area contributed by atoms with E-state index in [-0.39, 0.29) is 28.7 Å². The number of rotatable bonds is 4. The molecule has 6 nitrogen and oxygen atoms in total. The van der Waals surface area contributed by atoms with E-state index in [0.29, 0.717) is 31.9 Å². The third-order valence-corrected chi connectivity index (χ3v) is 5.70. The van der Waals surface area contributed by atoms with Crippen molar-refractivity contribution >= 4 is 17.5 Å². The first-order valence-corrected chi connectivity index (χ1v) is 9.22. The van der Waals surface area contributed by atoms with Crippen LogP contribution in [0.25, 0.3) is 0 Å². The Kier molecular flexibility index (Phi) is 4.65. The topological polar surface area (TPSA) is 78.9 Å². The highest BCUT2D eigenvalue weighted by molar-refractivity contribution is 6.02. The molecule has 2 heterocycles. The molecule has 4 rings (SSSR count). The number of likely N-dealkylation sites (tertiary alicyclic amines) is 1. The Labute approximate surface area is 163 Å². The molecule has 0 radical (unpaired) electrons. The second-order valence-electron chi connectivity index (χ2n) is 7.35. The Hall–Kier alpha value is -3.12. The summed E-state index contributed by atoms with van der Waals surface area (Å²) >= 11 is 0. The molecule has 2 amide bonds. The number of hydrogen-bond acceptors (Lipinski definition) is 4. The Morgan fingerprint density at radius 2 is 2.04 bits per heavy atom. The van der Waals surface area contributed by atoms with Crippen LogP contribution in [0.15, 0.2) is 61.2 Å². The van der Waals surface area contributed by atoms with Gasteiger partial charge in [-0.05, 0) is 29.8 Å². The summed E-state index contributed by atoms with van der Waals surface area (Å²) in [6.07, 6.45) is 1.11. The molecule has 28 heavy (non-hydrogen) atoms. The third kappa shape index (κ3) is 3.05. The number of nitrogens with one attached hydrogen (secondary N) is 1. The molecule has 2 fully saturated rings. The Balaban J connectivity index is 1.59. The number of hydrogen-bond donors (Lipinski definition) is 2. The average molecular weight is 378 g/mol. The zero-order valence-electron chi connectivity index (χ0n) is 15.4. The van der Waals surface area contributed by atoms with Crippen LogP contribution in [0.4, 0.5) is 5.69 Å². The van der Waals surface area contributed by atoms with Crippen LogP contribution in [0.2, 0.25) is 0 Å². The standard InChI is InChI=1S/C22H22N2O4/c1-2-20(26)23-18-10-15(8-9-19(18)25)21(27)24-11-17-12-28-14-22(17,13-24)16-6-4-3-5-7-16/h2-10,17,25H,1,11-14H2,(H,23,26)/t17-,22+/m1/s1. The summed E-state index contributed by atoms with van der Waals surface area (Å²) in [6, 6.07) is 14.7. The number of carbonyl (C=O) groups is 2. The maximum atomic E-state index is 13.1. The van der Waals surface area contributed by atoms with Crippen molar-refractivity contribution in [2.24, 2.45) is 5.92 Å². The van der Waals surface area contributed by atoms with Crippen molar-refractivity contribution in [1.29, 1.82) is 0 Å². The van der Waals surface area contributed by atoms with Crippen molar-refractivity contribution < 1.29 is 19.4 Å². The molecule has 2 atom stereocenters. The van der Waals surface area contributed by atoms with Crippen LogP contribution < -0.4 is 5.32 Å². The largest absolute Gasteiger partial charge is 0.506 e. The molecule has 2 aromatic carbocycles. The normalized spacial score (nSPS) is 23.3. The molecule has 0 bridgehead atoms. The van der Waals surface area contributed by atoms with E-state index >= 15 is 0 Å². The summed E-state index contributed by atoms with van der Waals surface area (Å²) in [6.45, 7) is 5.82. The molecule has 0 aliphatic carbocycles. The van der Waals surface area contributed by atoms with Crippen LogP contribution in [0.1, 0.15) is 15.9 Å². The van der Waals surface area contributed by atoms with Crippen LogP contribution in [-0.4, -0.2) is 48.1 Å². The minimum Gasteiger partial charge on any atom is -0.506 e. The van der Waals surface area contributed by atoms with Gasteiger partial charge in [0.1, 0.15) is 5.75 Å². The van der Waals surface area contributed by atoms with Crippen LogP contribution in [0.3, 0.4) is 0 Å². The Morgan fingerprint density at radius 3 is 2.79 bits per heavy atom. The van der Waals surface area contributed by atoms with Crippen molar-refractivity contribution in [3.63, 3.8) is 0 Å². The van der Waals surface area contributed by atoms with E-state index in [1.54, 1.807) is 6.07 Å². The number of amides is 2. The quantitative estimate of drug-likeness (QED) is 0.633. The van der Waals surface area contributed by atoms with Gasteiger partial charge in [0.2, 0.25) is 5.91 Å². The summed E-state index contributed by atoms with van der Waals surface area (Å²) in [5.74, 6) is -0.426. The van der Waals surface area contributed by atoms with Gasteiger partial charge in [0.25, 0.3) is 5.91 Å². The summed E-state index contributed by atoms with van der Waals surface area (Å²) in [4.78, 5) is 26.5. The van der Waals surface area contributed by atoms with Gasteiger partial charge >= 0.3 is 0 Å². The van der Waals surface area contributed by atoms with Gasteiger partial charge in [-0.2, -0.15) is 0 Å². The van der Waals surface area contributed by atoms with E-state index in [1.165, 1.54) is 17.7 Å².